The van der Waals surface area contributed by atoms with Gasteiger partial charge in [-0.3, -0.25) is 9.78 Å². The second-order valence-electron chi connectivity index (χ2n) is 3.08. The van der Waals surface area contributed by atoms with Crippen molar-refractivity contribution in [2.24, 2.45) is 0 Å². The first kappa shape index (κ1) is 11.3. The highest BCUT2D eigenvalue weighted by Crippen LogP contribution is 2.05. The summed E-state index contributed by atoms with van der Waals surface area (Å²) < 4.78 is 0. The smallest absolute Gasteiger partial charge is 0.255 e. The Morgan fingerprint density at radius 2 is 2.13 bits per heavy atom. The molecule has 0 unspecified atom stereocenters. The summed E-state index contributed by atoms with van der Waals surface area (Å²) in [6.07, 6.45) is 8.36. The highest BCUT2D eigenvalue weighted by atomic mass is 16.2. The van der Waals surface area contributed by atoms with Crippen LogP contribution in [0.5, 0.6) is 0 Å². The van der Waals surface area contributed by atoms with Crippen LogP contribution in [-0.4, -0.2) is 28.9 Å². The summed E-state index contributed by atoms with van der Waals surface area (Å²) >= 11 is 0. The van der Waals surface area contributed by atoms with Crippen molar-refractivity contribution in [1.29, 1.82) is 0 Å². The lowest BCUT2D eigenvalue weighted by molar-refractivity contribution is 0.0772. The molecular formula is C12H14N2O. The maximum absolute atomic E-state index is 11.9. The van der Waals surface area contributed by atoms with Gasteiger partial charge in [-0.05, 0) is 19.9 Å². The van der Waals surface area contributed by atoms with Gasteiger partial charge in [0.15, 0.2) is 0 Å². The molecule has 0 aliphatic carbocycles. The van der Waals surface area contributed by atoms with Crippen molar-refractivity contribution in [3.63, 3.8) is 0 Å². The van der Waals surface area contributed by atoms with Gasteiger partial charge in [0.2, 0.25) is 0 Å². The number of carbonyl (C=O) groups excluding carboxylic acids is 1. The van der Waals surface area contributed by atoms with Crippen LogP contribution in [0.2, 0.25) is 0 Å². The summed E-state index contributed by atoms with van der Waals surface area (Å²) in [5.74, 6) is 2.44. The van der Waals surface area contributed by atoms with Gasteiger partial charge in [-0.2, -0.15) is 0 Å². The van der Waals surface area contributed by atoms with Crippen LogP contribution in [0.25, 0.3) is 0 Å². The minimum absolute atomic E-state index is 0.0235. The molecule has 3 nitrogen and oxygen atoms in total. The molecule has 0 aliphatic heterocycles. The van der Waals surface area contributed by atoms with Gasteiger partial charge in [-0.15, -0.1) is 6.42 Å². The molecule has 0 atom stereocenters. The Morgan fingerprint density at radius 3 is 2.67 bits per heavy atom. The predicted molar refractivity (Wildman–Crippen MR) is 59.4 cm³/mol. The summed E-state index contributed by atoms with van der Waals surface area (Å²) in [4.78, 5) is 17.6. The molecule has 0 saturated heterocycles. The van der Waals surface area contributed by atoms with Crippen LogP contribution >= 0.6 is 0 Å². The molecule has 1 aromatic heterocycles. The normalized spacial score (nSPS) is 9.40. The van der Waals surface area contributed by atoms with Crippen LogP contribution in [0.1, 0.15) is 29.8 Å². The number of nitrogens with zero attached hydrogens (tertiary/aromatic N) is 2. The Morgan fingerprint density at radius 1 is 1.47 bits per heavy atom. The second-order valence-corrected chi connectivity index (χ2v) is 3.08. The van der Waals surface area contributed by atoms with E-state index in [0.29, 0.717) is 24.2 Å². The van der Waals surface area contributed by atoms with Gasteiger partial charge < -0.3 is 4.90 Å². The van der Waals surface area contributed by atoms with Gasteiger partial charge in [0.05, 0.1) is 5.56 Å². The predicted octanol–water partition coefficient (Wildman–Crippen LogP) is 1.54. The molecule has 0 aliphatic rings. The van der Waals surface area contributed by atoms with E-state index >= 15 is 0 Å². The van der Waals surface area contributed by atoms with Gasteiger partial charge in [0, 0.05) is 31.0 Å². The zero-order chi connectivity index (χ0) is 11.3. The van der Waals surface area contributed by atoms with Crippen LogP contribution in [0.15, 0.2) is 18.5 Å². The van der Waals surface area contributed by atoms with E-state index in [1.807, 2.05) is 13.8 Å². The summed E-state index contributed by atoms with van der Waals surface area (Å²) in [5, 5.41) is 0. The number of pyridine rings is 1. The van der Waals surface area contributed by atoms with Crippen molar-refractivity contribution >= 4 is 5.91 Å². The topological polar surface area (TPSA) is 33.2 Å². The summed E-state index contributed by atoms with van der Waals surface area (Å²) in [5.41, 5.74) is 1.18. The molecule has 0 N–H and O–H groups in total. The minimum atomic E-state index is -0.0235. The van der Waals surface area contributed by atoms with Gasteiger partial charge in [0.1, 0.15) is 0 Å². The molecule has 78 valence electrons. The van der Waals surface area contributed by atoms with Gasteiger partial charge in [0.25, 0.3) is 5.91 Å². The quantitative estimate of drug-likeness (QED) is 0.697. The van der Waals surface area contributed by atoms with E-state index in [1.54, 1.807) is 23.4 Å². The zero-order valence-electron chi connectivity index (χ0n) is 9.03. The van der Waals surface area contributed by atoms with Crippen LogP contribution in [-0.2, 0) is 0 Å². The molecule has 0 bridgehead atoms. The molecule has 1 aromatic rings. The van der Waals surface area contributed by atoms with E-state index in [1.165, 1.54) is 0 Å². The standard InChI is InChI=1S/C12H14N2O/c1-4-10-7-11(9-13-8-10)12(15)14(5-2)6-3/h1,7-9H,5-6H2,2-3H3. The lowest BCUT2D eigenvalue weighted by Gasteiger charge is -2.18. The highest BCUT2D eigenvalue weighted by Gasteiger charge is 2.12. The van der Waals surface area contributed by atoms with Crippen molar-refractivity contribution in [1.82, 2.24) is 9.88 Å². The fourth-order valence-electron chi connectivity index (χ4n) is 1.33. The largest absolute Gasteiger partial charge is 0.339 e. The third kappa shape index (κ3) is 2.57. The lowest BCUT2D eigenvalue weighted by atomic mass is 10.2. The Kier molecular flexibility index (Phi) is 3.87. The third-order valence-corrected chi connectivity index (χ3v) is 2.20. The third-order valence-electron chi connectivity index (χ3n) is 2.20. The van der Waals surface area contributed by atoms with E-state index < -0.39 is 0 Å². The Labute approximate surface area is 90.1 Å². The first-order chi connectivity index (χ1) is 7.22. The number of carbonyl (C=O) groups is 1. The van der Waals surface area contributed by atoms with Crippen molar-refractivity contribution in [3.05, 3.63) is 29.6 Å². The Balaban J connectivity index is 2.96. The highest BCUT2D eigenvalue weighted by molar-refractivity contribution is 5.94. The zero-order valence-corrected chi connectivity index (χ0v) is 9.03. The lowest BCUT2D eigenvalue weighted by Crippen LogP contribution is -2.30. The van der Waals surface area contributed by atoms with Gasteiger partial charge in [-0.25, -0.2) is 0 Å². The fourth-order valence-corrected chi connectivity index (χ4v) is 1.33. The molecule has 3 heteroatoms. The molecule has 0 fully saturated rings. The number of amides is 1. The molecule has 1 rings (SSSR count). The summed E-state index contributed by atoms with van der Waals surface area (Å²) in [7, 11) is 0. The molecule has 0 aromatic carbocycles. The van der Waals surface area contributed by atoms with E-state index in [-0.39, 0.29) is 5.91 Å². The second kappa shape index (κ2) is 5.16. The van der Waals surface area contributed by atoms with E-state index in [2.05, 4.69) is 10.9 Å². The van der Waals surface area contributed by atoms with Crippen LogP contribution in [0, 0.1) is 12.3 Å². The fraction of sp³-hybridized carbons (Fsp3) is 0.333. The maximum Gasteiger partial charge on any atom is 0.255 e. The van der Waals surface area contributed by atoms with Gasteiger partial charge >= 0.3 is 0 Å². The summed E-state index contributed by atoms with van der Waals surface area (Å²) in [6, 6.07) is 1.69. The van der Waals surface area contributed by atoms with Crippen LogP contribution in [0.4, 0.5) is 0 Å². The average Bonchev–Trinajstić information content (AvgIpc) is 2.30. The van der Waals surface area contributed by atoms with E-state index in [4.69, 9.17) is 6.42 Å². The molecule has 0 saturated carbocycles. The molecule has 0 spiro atoms. The molecule has 1 amide bonds. The first-order valence-electron chi connectivity index (χ1n) is 4.93. The Bertz CT molecular complexity index is 389. The number of hydrogen-bond donors (Lipinski definition) is 0. The Hall–Kier alpha value is -1.82. The van der Waals surface area contributed by atoms with Gasteiger partial charge in [-0.1, -0.05) is 5.92 Å². The van der Waals surface area contributed by atoms with Crippen LogP contribution < -0.4 is 0 Å². The van der Waals surface area contributed by atoms with Crippen LogP contribution in [0.3, 0.4) is 0 Å². The number of rotatable bonds is 3. The molecule has 0 radical (unpaired) electrons. The first-order valence-corrected chi connectivity index (χ1v) is 4.93. The van der Waals surface area contributed by atoms with Crippen molar-refractivity contribution in [2.45, 2.75) is 13.8 Å². The number of aromatic nitrogens is 1. The minimum Gasteiger partial charge on any atom is -0.339 e. The molecule has 1 heterocycles. The monoisotopic (exact) mass is 202 g/mol. The number of terminal acetylenes is 1. The SMILES string of the molecule is C#Cc1cncc(C(=O)N(CC)CC)c1. The van der Waals surface area contributed by atoms with Crippen molar-refractivity contribution < 1.29 is 4.79 Å². The molecular weight excluding hydrogens is 188 g/mol. The van der Waals surface area contributed by atoms with Crippen molar-refractivity contribution in [2.75, 3.05) is 13.1 Å². The van der Waals surface area contributed by atoms with Crippen molar-refractivity contribution in [3.8, 4) is 12.3 Å². The summed E-state index contributed by atoms with van der Waals surface area (Å²) in [6.45, 7) is 5.27. The van der Waals surface area contributed by atoms with E-state index in [9.17, 15) is 4.79 Å². The van der Waals surface area contributed by atoms with E-state index in [0.717, 1.165) is 0 Å². The average molecular weight is 202 g/mol. The number of hydrogen-bond acceptors (Lipinski definition) is 2. The molecule has 15 heavy (non-hydrogen) atoms. The maximum atomic E-state index is 11.9.